The molecule has 0 aromatic heterocycles. The fourth-order valence-corrected chi connectivity index (χ4v) is 9.42. The quantitative estimate of drug-likeness (QED) is 0.0660. The SMILES string of the molecule is C=CC(=O)OCCOc1ccc(C2(c3ccc(OCCOC(=O)C4CC5c6ccccc6C4c4ccc(OC)cc45)cc3)c3ccccc3-c3ccccc32)cc1. The molecule has 0 fully saturated rings. The summed E-state index contributed by atoms with van der Waals surface area (Å²) in [6.07, 6.45) is 1.85. The third-order valence-corrected chi connectivity index (χ3v) is 11.8. The maximum absolute atomic E-state index is 13.7. The van der Waals surface area contributed by atoms with Gasteiger partial charge in [0.15, 0.2) is 0 Å². The van der Waals surface area contributed by atoms with Crippen LogP contribution in [0.15, 0.2) is 152 Å². The second-order valence-electron chi connectivity index (χ2n) is 14.6. The molecule has 4 aliphatic carbocycles. The highest BCUT2D eigenvalue weighted by Gasteiger charge is 2.48. The lowest BCUT2D eigenvalue weighted by Crippen LogP contribution is -2.37. The van der Waals surface area contributed by atoms with Crippen LogP contribution in [-0.4, -0.2) is 45.5 Å². The Labute approximate surface area is 332 Å². The minimum Gasteiger partial charge on any atom is -0.497 e. The summed E-state index contributed by atoms with van der Waals surface area (Å²) in [5, 5.41) is 0. The standard InChI is InChI=1S/C50H42O7/c1-3-47(51)56-28-26-54-34-20-16-32(17-21-34)50(45-14-8-6-11-38(45)39-12-7-9-15-46(39)50)33-18-22-35(23-19-33)55-27-29-57-49(52)44-31-43-37-10-4-5-13-40(37)48(44)41-25-24-36(53-2)30-42(41)43/h3-25,30,43-44,48H,1,26-29,31H2,2H3. The molecular formula is C50H42O7. The normalized spacial score (nSPS) is 17.6. The smallest absolute Gasteiger partial charge is 0.330 e. The van der Waals surface area contributed by atoms with Crippen LogP contribution in [0.2, 0.25) is 0 Å². The van der Waals surface area contributed by atoms with Gasteiger partial charge in [0.05, 0.1) is 18.4 Å². The molecule has 0 saturated carbocycles. The average Bonchev–Trinajstić information content (AvgIpc) is 3.57. The van der Waals surface area contributed by atoms with Crippen molar-refractivity contribution in [2.75, 3.05) is 33.5 Å². The molecule has 3 atom stereocenters. The van der Waals surface area contributed by atoms with Crippen molar-refractivity contribution in [3.05, 3.63) is 197 Å². The topological polar surface area (TPSA) is 80.3 Å². The van der Waals surface area contributed by atoms with Gasteiger partial charge in [0, 0.05) is 17.9 Å². The third-order valence-electron chi connectivity index (χ3n) is 11.8. The zero-order chi connectivity index (χ0) is 38.9. The van der Waals surface area contributed by atoms with Crippen LogP contribution in [0.4, 0.5) is 0 Å². The van der Waals surface area contributed by atoms with E-state index in [2.05, 4.69) is 116 Å². The van der Waals surface area contributed by atoms with Crippen molar-refractivity contribution >= 4 is 11.9 Å². The maximum atomic E-state index is 13.7. The molecule has 7 nitrogen and oxygen atoms in total. The minimum atomic E-state index is -0.596. The zero-order valence-electron chi connectivity index (χ0n) is 31.7. The molecule has 284 valence electrons. The molecule has 7 heteroatoms. The number of carbonyl (C=O) groups is 2. The first-order valence-corrected chi connectivity index (χ1v) is 19.4. The Kier molecular flexibility index (Phi) is 9.58. The Morgan fingerprint density at radius 2 is 1.14 bits per heavy atom. The summed E-state index contributed by atoms with van der Waals surface area (Å²) in [6.45, 7) is 4.19. The Balaban J connectivity index is 0.916. The Morgan fingerprint density at radius 3 is 1.74 bits per heavy atom. The van der Waals surface area contributed by atoms with Crippen LogP contribution < -0.4 is 14.2 Å². The Morgan fingerprint density at radius 1 is 0.614 bits per heavy atom. The summed E-state index contributed by atoms with van der Waals surface area (Å²) in [7, 11) is 1.69. The zero-order valence-corrected chi connectivity index (χ0v) is 31.7. The molecule has 0 spiro atoms. The molecule has 0 aliphatic heterocycles. The summed E-state index contributed by atoms with van der Waals surface area (Å²) in [5.74, 6) is 1.35. The van der Waals surface area contributed by atoms with Crippen molar-refractivity contribution in [2.45, 2.75) is 23.7 Å². The van der Waals surface area contributed by atoms with Crippen LogP contribution in [0.1, 0.15) is 62.8 Å². The van der Waals surface area contributed by atoms with E-state index < -0.39 is 11.4 Å². The van der Waals surface area contributed by atoms with Gasteiger partial charge in [-0.2, -0.15) is 0 Å². The lowest BCUT2D eigenvalue weighted by atomic mass is 9.59. The van der Waals surface area contributed by atoms with E-state index >= 15 is 0 Å². The van der Waals surface area contributed by atoms with Crippen LogP contribution in [-0.2, 0) is 24.5 Å². The van der Waals surface area contributed by atoms with Crippen molar-refractivity contribution < 1.29 is 33.3 Å². The second kappa shape index (κ2) is 15.1. The van der Waals surface area contributed by atoms with E-state index in [1.165, 1.54) is 44.5 Å². The van der Waals surface area contributed by atoms with Gasteiger partial charge in [-0.25, -0.2) is 4.79 Å². The van der Waals surface area contributed by atoms with Gasteiger partial charge in [-0.3, -0.25) is 4.79 Å². The first kappa shape index (κ1) is 36.1. The molecule has 57 heavy (non-hydrogen) atoms. The number of methoxy groups -OCH3 is 1. The monoisotopic (exact) mass is 754 g/mol. The van der Waals surface area contributed by atoms with E-state index in [4.69, 9.17) is 23.7 Å². The molecule has 4 aliphatic rings. The summed E-state index contributed by atoms with van der Waals surface area (Å²) in [5.41, 5.74) is 11.3. The molecule has 0 saturated heterocycles. The Hall–Kier alpha value is -6.60. The van der Waals surface area contributed by atoms with Crippen LogP contribution >= 0.6 is 0 Å². The van der Waals surface area contributed by atoms with Crippen LogP contribution in [0.5, 0.6) is 17.2 Å². The lowest BCUT2D eigenvalue weighted by molar-refractivity contribution is -0.150. The van der Waals surface area contributed by atoms with Crippen molar-refractivity contribution in [1.82, 2.24) is 0 Å². The summed E-state index contributed by atoms with van der Waals surface area (Å²) in [4.78, 5) is 25.1. The largest absolute Gasteiger partial charge is 0.497 e. The van der Waals surface area contributed by atoms with Gasteiger partial charge >= 0.3 is 11.9 Å². The van der Waals surface area contributed by atoms with Gasteiger partial charge in [-0.1, -0.05) is 110 Å². The van der Waals surface area contributed by atoms with Crippen molar-refractivity contribution in [1.29, 1.82) is 0 Å². The van der Waals surface area contributed by atoms with Gasteiger partial charge in [0.1, 0.15) is 43.7 Å². The van der Waals surface area contributed by atoms with Gasteiger partial charge in [0.25, 0.3) is 0 Å². The van der Waals surface area contributed by atoms with Gasteiger partial charge in [-0.15, -0.1) is 0 Å². The van der Waals surface area contributed by atoms with E-state index in [1.54, 1.807) is 7.11 Å². The number of benzene rings is 6. The van der Waals surface area contributed by atoms with E-state index in [1.807, 2.05) is 30.3 Å². The van der Waals surface area contributed by atoms with Crippen LogP contribution in [0.3, 0.4) is 0 Å². The van der Waals surface area contributed by atoms with Gasteiger partial charge < -0.3 is 23.7 Å². The third kappa shape index (κ3) is 6.24. The first-order valence-electron chi connectivity index (χ1n) is 19.4. The first-order chi connectivity index (χ1) is 28.0. The number of carbonyl (C=O) groups excluding carboxylic acids is 2. The van der Waals surface area contributed by atoms with Crippen LogP contribution in [0.25, 0.3) is 11.1 Å². The van der Waals surface area contributed by atoms with Crippen molar-refractivity contribution in [3.63, 3.8) is 0 Å². The molecule has 6 aromatic carbocycles. The molecule has 0 heterocycles. The molecule has 0 radical (unpaired) electrons. The number of hydrogen-bond donors (Lipinski definition) is 0. The molecule has 10 rings (SSSR count). The average molecular weight is 755 g/mol. The molecule has 3 unspecified atom stereocenters. The van der Waals surface area contributed by atoms with Crippen molar-refractivity contribution in [2.24, 2.45) is 5.92 Å². The minimum absolute atomic E-state index is 0.0519. The van der Waals surface area contributed by atoms with E-state index in [0.29, 0.717) is 17.9 Å². The molecule has 6 aromatic rings. The Bertz CT molecular complexity index is 2420. The fraction of sp³-hybridized carbons (Fsp3) is 0.200. The highest BCUT2D eigenvalue weighted by Crippen LogP contribution is 2.57. The molecule has 2 bridgehead atoms. The molecular weight excluding hydrogens is 713 g/mol. The molecule has 0 amide bonds. The van der Waals surface area contributed by atoms with Crippen molar-refractivity contribution in [3.8, 4) is 28.4 Å². The molecule has 0 N–H and O–H groups in total. The predicted octanol–water partition coefficient (Wildman–Crippen LogP) is 9.39. The predicted molar refractivity (Wildman–Crippen MR) is 218 cm³/mol. The number of fused-ring (bicyclic) bond motifs is 4. The maximum Gasteiger partial charge on any atom is 0.330 e. The van der Waals surface area contributed by atoms with Crippen LogP contribution in [0, 0.1) is 5.92 Å². The lowest BCUT2D eigenvalue weighted by Gasteiger charge is -2.44. The van der Waals surface area contributed by atoms with Gasteiger partial charge in [0.2, 0.25) is 0 Å². The number of esters is 2. The van der Waals surface area contributed by atoms with E-state index in [9.17, 15) is 9.59 Å². The number of rotatable bonds is 13. The number of ether oxygens (including phenoxy) is 5. The summed E-state index contributed by atoms with van der Waals surface area (Å²) in [6, 6.07) is 48.2. The van der Waals surface area contributed by atoms with E-state index in [-0.39, 0.29) is 50.2 Å². The highest BCUT2D eigenvalue weighted by molar-refractivity contribution is 5.86. The van der Waals surface area contributed by atoms with Gasteiger partial charge in [-0.05, 0) is 98.5 Å². The summed E-state index contributed by atoms with van der Waals surface area (Å²) >= 11 is 0. The van der Waals surface area contributed by atoms with E-state index in [0.717, 1.165) is 23.0 Å². The number of hydrogen-bond acceptors (Lipinski definition) is 7. The fourth-order valence-electron chi connectivity index (χ4n) is 9.42. The second-order valence-corrected chi connectivity index (χ2v) is 14.6. The summed E-state index contributed by atoms with van der Waals surface area (Å²) < 4.78 is 28.6. The highest BCUT2D eigenvalue weighted by atomic mass is 16.6.